The molecule has 17 heavy (non-hydrogen) atoms. The third-order valence-corrected chi connectivity index (χ3v) is 3.20. The zero-order valence-electron chi connectivity index (χ0n) is 9.31. The van der Waals surface area contributed by atoms with Crippen molar-refractivity contribution < 1.29 is 0 Å². The van der Waals surface area contributed by atoms with Crippen LogP contribution in [-0.2, 0) is 6.42 Å². The van der Waals surface area contributed by atoms with Gasteiger partial charge in [-0.05, 0) is 42.0 Å². The van der Waals surface area contributed by atoms with Gasteiger partial charge in [0.15, 0.2) is 0 Å². The molecule has 0 fully saturated rings. The molecule has 0 aliphatic rings. The molecule has 0 atom stereocenters. The molecule has 1 nitrogen and oxygen atoms in total. The molecule has 3 aromatic rings. The molecule has 0 saturated carbocycles. The van der Waals surface area contributed by atoms with E-state index in [2.05, 4.69) is 53.1 Å². The van der Waals surface area contributed by atoms with Crippen molar-refractivity contribution in [3.8, 4) is 0 Å². The Bertz CT molecular complexity index is 637. The zero-order chi connectivity index (χ0) is 11.7. The van der Waals surface area contributed by atoms with Crippen LogP contribution in [0.1, 0.15) is 11.3 Å². The van der Waals surface area contributed by atoms with E-state index in [0.29, 0.717) is 0 Å². The van der Waals surface area contributed by atoms with Gasteiger partial charge in [-0.2, -0.15) is 0 Å². The summed E-state index contributed by atoms with van der Waals surface area (Å²) >= 11 is 5.88. The summed E-state index contributed by atoms with van der Waals surface area (Å²) < 4.78 is 2.22. The van der Waals surface area contributed by atoms with Crippen molar-refractivity contribution in [2.45, 2.75) is 6.42 Å². The number of halogens is 1. The molecule has 1 aromatic carbocycles. The summed E-state index contributed by atoms with van der Waals surface area (Å²) in [6.45, 7) is 0. The first-order valence-electron chi connectivity index (χ1n) is 5.62. The first-order valence-corrected chi connectivity index (χ1v) is 6.00. The van der Waals surface area contributed by atoms with Crippen LogP contribution in [0.25, 0.3) is 5.52 Å². The molecular weight excluding hydrogens is 230 g/mol. The second kappa shape index (κ2) is 4.27. The SMILES string of the molecule is Clc1ccc(Cc2ccc3ccccn23)cc1. The number of hydrogen-bond acceptors (Lipinski definition) is 0. The van der Waals surface area contributed by atoms with E-state index < -0.39 is 0 Å². The van der Waals surface area contributed by atoms with E-state index in [1.165, 1.54) is 16.8 Å². The molecule has 84 valence electrons. The van der Waals surface area contributed by atoms with E-state index in [4.69, 9.17) is 11.6 Å². The lowest BCUT2D eigenvalue weighted by Crippen LogP contribution is -1.93. The molecule has 0 amide bonds. The number of nitrogens with zero attached hydrogens (tertiary/aromatic N) is 1. The number of rotatable bonds is 2. The molecular formula is C15H12ClN. The molecule has 0 radical (unpaired) electrons. The van der Waals surface area contributed by atoms with E-state index in [1.807, 2.05) is 12.1 Å². The van der Waals surface area contributed by atoms with Crippen molar-refractivity contribution in [2.24, 2.45) is 0 Å². The van der Waals surface area contributed by atoms with Gasteiger partial charge in [-0.3, -0.25) is 0 Å². The quantitative estimate of drug-likeness (QED) is 0.634. The number of hydrogen-bond donors (Lipinski definition) is 0. The second-order valence-corrected chi connectivity index (χ2v) is 4.56. The Balaban J connectivity index is 1.97. The molecule has 2 heteroatoms. The maximum atomic E-state index is 5.88. The summed E-state index contributed by atoms with van der Waals surface area (Å²) in [7, 11) is 0. The molecule has 0 spiro atoms. The van der Waals surface area contributed by atoms with Crippen molar-refractivity contribution in [1.82, 2.24) is 4.40 Å². The van der Waals surface area contributed by atoms with E-state index in [-0.39, 0.29) is 0 Å². The predicted molar refractivity (Wildman–Crippen MR) is 71.7 cm³/mol. The van der Waals surface area contributed by atoms with Crippen LogP contribution < -0.4 is 0 Å². The van der Waals surface area contributed by atoms with Crippen LogP contribution in [-0.4, -0.2) is 4.40 Å². The van der Waals surface area contributed by atoms with Gasteiger partial charge in [-0.1, -0.05) is 29.8 Å². The third kappa shape index (κ3) is 2.06. The average Bonchev–Trinajstić information content (AvgIpc) is 2.76. The van der Waals surface area contributed by atoms with Crippen LogP contribution in [0.4, 0.5) is 0 Å². The minimum Gasteiger partial charge on any atom is -0.321 e. The Morgan fingerprint density at radius 3 is 2.53 bits per heavy atom. The standard InChI is InChI=1S/C15H12ClN/c16-13-6-4-12(5-7-13)11-15-9-8-14-3-1-2-10-17(14)15/h1-10H,11H2. The number of pyridine rings is 1. The van der Waals surface area contributed by atoms with Gasteiger partial charge in [0.05, 0.1) is 0 Å². The van der Waals surface area contributed by atoms with Gasteiger partial charge < -0.3 is 4.40 Å². The fourth-order valence-corrected chi connectivity index (χ4v) is 2.20. The Labute approximate surface area is 105 Å². The average molecular weight is 242 g/mol. The van der Waals surface area contributed by atoms with Crippen LogP contribution in [0, 0.1) is 0 Å². The largest absolute Gasteiger partial charge is 0.321 e. The Morgan fingerprint density at radius 2 is 1.71 bits per heavy atom. The van der Waals surface area contributed by atoms with Crippen LogP contribution in [0.5, 0.6) is 0 Å². The summed E-state index contributed by atoms with van der Waals surface area (Å²) in [5.74, 6) is 0. The Kier molecular flexibility index (Phi) is 2.62. The lowest BCUT2D eigenvalue weighted by Gasteiger charge is -2.03. The van der Waals surface area contributed by atoms with Crippen molar-refractivity contribution in [3.63, 3.8) is 0 Å². The van der Waals surface area contributed by atoms with Crippen molar-refractivity contribution >= 4 is 17.1 Å². The van der Waals surface area contributed by atoms with Crippen LogP contribution in [0.3, 0.4) is 0 Å². The molecule has 2 aromatic heterocycles. The summed E-state index contributed by atoms with van der Waals surface area (Å²) in [5.41, 5.74) is 3.80. The van der Waals surface area contributed by atoms with Crippen molar-refractivity contribution in [3.05, 3.63) is 77.1 Å². The number of fused-ring (bicyclic) bond motifs is 1. The van der Waals surface area contributed by atoms with Gasteiger partial charge in [-0.15, -0.1) is 0 Å². The smallest absolute Gasteiger partial charge is 0.0453 e. The normalized spacial score (nSPS) is 10.9. The maximum absolute atomic E-state index is 5.88. The topological polar surface area (TPSA) is 4.41 Å². The first-order chi connectivity index (χ1) is 8.33. The second-order valence-electron chi connectivity index (χ2n) is 4.12. The number of benzene rings is 1. The van der Waals surface area contributed by atoms with Gasteiger partial charge in [-0.25, -0.2) is 0 Å². The van der Waals surface area contributed by atoms with Crippen LogP contribution >= 0.6 is 11.6 Å². The first kappa shape index (κ1) is 10.4. The van der Waals surface area contributed by atoms with Gasteiger partial charge >= 0.3 is 0 Å². The highest BCUT2D eigenvalue weighted by Crippen LogP contribution is 2.16. The van der Waals surface area contributed by atoms with Gasteiger partial charge in [0.1, 0.15) is 0 Å². The van der Waals surface area contributed by atoms with Crippen LogP contribution in [0.2, 0.25) is 5.02 Å². The van der Waals surface area contributed by atoms with Gasteiger partial charge in [0, 0.05) is 28.9 Å². The van der Waals surface area contributed by atoms with Crippen molar-refractivity contribution in [1.29, 1.82) is 0 Å². The van der Waals surface area contributed by atoms with E-state index >= 15 is 0 Å². The fraction of sp³-hybridized carbons (Fsp3) is 0.0667. The van der Waals surface area contributed by atoms with Crippen LogP contribution in [0.15, 0.2) is 60.8 Å². The zero-order valence-corrected chi connectivity index (χ0v) is 10.1. The molecule has 0 aliphatic heterocycles. The highest BCUT2D eigenvalue weighted by Gasteiger charge is 2.02. The predicted octanol–water partition coefficient (Wildman–Crippen LogP) is 4.18. The lowest BCUT2D eigenvalue weighted by atomic mass is 10.1. The summed E-state index contributed by atoms with van der Waals surface area (Å²) in [6, 6.07) is 18.6. The Hall–Kier alpha value is -1.73. The highest BCUT2D eigenvalue weighted by atomic mass is 35.5. The van der Waals surface area contributed by atoms with E-state index in [1.54, 1.807) is 0 Å². The highest BCUT2D eigenvalue weighted by molar-refractivity contribution is 6.30. The third-order valence-electron chi connectivity index (χ3n) is 2.95. The molecule has 3 rings (SSSR count). The van der Waals surface area contributed by atoms with Gasteiger partial charge in [0.25, 0.3) is 0 Å². The molecule has 0 saturated heterocycles. The minimum absolute atomic E-state index is 0.786. The molecule has 0 unspecified atom stereocenters. The van der Waals surface area contributed by atoms with E-state index in [0.717, 1.165) is 11.4 Å². The van der Waals surface area contributed by atoms with Crippen molar-refractivity contribution in [2.75, 3.05) is 0 Å². The Morgan fingerprint density at radius 1 is 0.882 bits per heavy atom. The molecule has 2 heterocycles. The number of aromatic nitrogens is 1. The lowest BCUT2D eigenvalue weighted by molar-refractivity contribution is 1.03. The fourth-order valence-electron chi connectivity index (χ4n) is 2.07. The molecule has 0 aliphatic carbocycles. The maximum Gasteiger partial charge on any atom is 0.0453 e. The van der Waals surface area contributed by atoms with Gasteiger partial charge in [0.2, 0.25) is 0 Å². The monoisotopic (exact) mass is 241 g/mol. The minimum atomic E-state index is 0.786. The summed E-state index contributed by atoms with van der Waals surface area (Å²) in [5, 5.41) is 0.786. The molecule has 0 N–H and O–H groups in total. The summed E-state index contributed by atoms with van der Waals surface area (Å²) in [6.07, 6.45) is 3.02. The van der Waals surface area contributed by atoms with E-state index in [9.17, 15) is 0 Å². The molecule has 0 bridgehead atoms. The summed E-state index contributed by atoms with van der Waals surface area (Å²) in [4.78, 5) is 0.